The molecule has 3 aliphatic rings. The second-order valence-electron chi connectivity index (χ2n) is 21.0. The van der Waals surface area contributed by atoms with Gasteiger partial charge < -0.3 is 9.47 Å². The molecule has 17 rings (SSSR count). The molecule has 77 heavy (non-hydrogen) atoms. The maximum absolute atomic E-state index is 2.53. The van der Waals surface area contributed by atoms with E-state index in [9.17, 15) is 0 Å². The van der Waals surface area contributed by atoms with Gasteiger partial charge in [-0.05, 0) is 132 Å². The summed E-state index contributed by atoms with van der Waals surface area (Å²) in [5, 5.41) is 5.18. The molecule has 14 aromatic rings. The number of benzene rings is 12. The van der Waals surface area contributed by atoms with E-state index >= 15 is 0 Å². The van der Waals surface area contributed by atoms with Crippen LogP contribution in [-0.4, -0.2) is 4.57 Å². The number of fused-ring (bicyclic) bond motifs is 18. The summed E-state index contributed by atoms with van der Waals surface area (Å²) in [4.78, 5) is 2.49. The Labute approximate surface area is 450 Å². The summed E-state index contributed by atoms with van der Waals surface area (Å²) < 4.78 is 5.17. The summed E-state index contributed by atoms with van der Waals surface area (Å²) in [5.74, 6) is 0. The van der Waals surface area contributed by atoms with Crippen molar-refractivity contribution in [1.29, 1.82) is 0 Å². The van der Waals surface area contributed by atoms with Crippen molar-refractivity contribution in [3.63, 3.8) is 0 Å². The molecule has 0 bridgehead atoms. The summed E-state index contributed by atoms with van der Waals surface area (Å²) in [5.41, 5.74) is 23.9. The van der Waals surface area contributed by atoms with E-state index < -0.39 is 10.8 Å². The van der Waals surface area contributed by atoms with Crippen LogP contribution in [0.1, 0.15) is 44.5 Å². The van der Waals surface area contributed by atoms with Gasteiger partial charge in [0.25, 0.3) is 0 Å². The number of thiophene rings is 1. The van der Waals surface area contributed by atoms with E-state index in [-0.39, 0.29) is 0 Å². The Morgan fingerprint density at radius 1 is 0.312 bits per heavy atom. The third kappa shape index (κ3) is 5.63. The number of aromatic nitrogens is 1. The lowest BCUT2D eigenvalue weighted by atomic mass is 9.65. The fourth-order valence-corrected chi connectivity index (χ4v) is 15.7. The zero-order valence-electron chi connectivity index (χ0n) is 41.9. The second kappa shape index (κ2) is 16.0. The molecule has 358 valence electrons. The van der Waals surface area contributed by atoms with Crippen molar-refractivity contribution >= 4 is 70.4 Å². The van der Waals surface area contributed by atoms with Crippen LogP contribution in [0.3, 0.4) is 0 Å². The van der Waals surface area contributed by atoms with Gasteiger partial charge in [0.1, 0.15) is 0 Å². The van der Waals surface area contributed by atoms with Gasteiger partial charge in [0, 0.05) is 48.0 Å². The van der Waals surface area contributed by atoms with Crippen molar-refractivity contribution in [3.05, 3.63) is 324 Å². The van der Waals surface area contributed by atoms with Crippen molar-refractivity contribution in [3.8, 4) is 39.1 Å². The first-order valence-corrected chi connectivity index (χ1v) is 27.6. The van der Waals surface area contributed by atoms with Gasteiger partial charge in [0.15, 0.2) is 0 Å². The van der Waals surface area contributed by atoms with Crippen molar-refractivity contribution in [2.45, 2.75) is 10.8 Å². The van der Waals surface area contributed by atoms with E-state index in [0.29, 0.717) is 0 Å². The smallest absolute Gasteiger partial charge is 0.0755 e. The standard InChI is InChI=1S/C74H46N2S/c1-2-18-48(19-3-1)73(62-28-9-4-20-54(62)55-21-5-10-29-63(55)73)49-38-42-51(43-39-49)75(50-40-36-47(37-41-50)53-25-16-27-61-59-24-8-15-35-70(59)77-72(53)61)52-44-45-57-56-22-6-11-30-64(56)74(67(57)46-52)65-31-12-14-34-69(65)76-68-33-13-7-23-58(68)60-26-17-32-66(74)71(60)76/h1-46H. The van der Waals surface area contributed by atoms with Crippen LogP contribution in [0.15, 0.2) is 279 Å². The van der Waals surface area contributed by atoms with Crippen LogP contribution in [0.5, 0.6) is 0 Å². The van der Waals surface area contributed by atoms with E-state index in [1.54, 1.807) is 0 Å². The Balaban J connectivity index is 0.897. The van der Waals surface area contributed by atoms with E-state index in [1.165, 1.54) is 126 Å². The molecule has 1 aliphatic heterocycles. The first-order valence-electron chi connectivity index (χ1n) is 26.7. The van der Waals surface area contributed by atoms with Gasteiger partial charge in [-0.15, -0.1) is 11.3 Å². The molecule has 0 radical (unpaired) electrons. The highest BCUT2D eigenvalue weighted by atomic mass is 32.1. The lowest BCUT2D eigenvalue weighted by Gasteiger charge is -2.40. The number of para-hydroxylation sites is 3. The van der Waals surface area contributed by atoms with E-state index in [0.717, 1.165) is 17.1 Å². The number of hydrogen-bond donors (Lipinski definition) is 0. The van der Waals surface area contributed by atoms with Gasteiger partial charge in [0.2, 0.25) is 0 Å². The van der Waals surface area contributed by atoms with Crippen molar-refractivity contribution in [1.82, 2.24) is 4.57 Å². The average molecular weight is 995 g/mol. The van der Waals surface area contributed by atoms with Gasteiger partial charge in [0.05, 0.1) is 27.6 Å². The minimum Gasteiger partial charge on any atom is -0.310 e. The Morgan fingerprint density at radius 3 is 1.56 bits per heavy atom. The predicted molar refractivity (Wildman–Crippen MR) is 322 cm³/mol. The minimum absolute atomic E-state index is 0.503. The third-order valence-corrected chi connectivity index (χ3v) is 18.7. The van der Waals surface area contributed by atoms with Crippen molar-refractivity contribution in [2.75, 3.05) is 4.90 Å². The molecule has 1 spiro atoms. The Hall–Kier alpha value is -9.54. The molecule has 1 atom stereocenters. The van der Waals surface area contributed by atoms with Crippen LogP contribution in [0.2, 0.25) is 0 Å². The van der Waals surface area contributed by atoms with Crippen LogP contribution in [0.25, 0.3) is 81.0 Å². The largest absolute Gasteiger partial charge is 0.310 e. The Bertz CT molecular complexity index is 4710. The summed E-state index contributed by atoms with van der Waals surface area (Å²) in [6.07, 6.45) is 0. The zero-order valence-corrected chi connectivity index (χ0v) is 42.7. The lowest BCUT2D eigenvalue weighted by molar-refractivity contribution is 0.748. The molecule has 0 fully saturated rings. The topological polar surface area (TPSA) is 8.17 Å². The molecule has 0 amide bonds. The highest BCUT2D eigenvalue weighted by Crippen LogP contribution is 2.62. The highest BCUT2D eigenvalue weighted by molar-refractivity contribution is 7.26. The molecular weight excluding hydrogens is 949 g/mol. The molecular formula is C74H46N2S. The maximum atomic E-state index is 2.53. The lowest BCUT2D eigenvalue weighted by Crippen LogP contribution is -2.33. The first kappa shape index (κ1) is 42.8. The van der Waals surface area contributed by atoms with Crippen LogP contribution in [0, 0.1) is 0 Å². The summed E-state index contributed by atoms with van der Waals surface area (Å²) in [6, 6.07) is 105. The first-order chi connectivity index (χ1) is 38.2. The SMILES string of the molecule is c1ccc(C2(c3ccc(N(c4ccc(-c5cccc6c5sc5ccccc56)cc4)c4ccc5c(c4)C4(c6ccccc6-5)c5ccccc5-n5c6ccccc6c6cccc4c65)cc3)c3ccccc3-c3ccccc32)cc1. The molecule has 3 heterocycles. The number of nitrogens with zero attached hydrogens (tertiary/aromatic N) is 2. The molecule has 2 aliphatic carbocycles. The van der Waals surface area contributed by atoms with Gasteiger partial charge >= 0.3 is 0 Å². The molecule has 0 saturated carbocycles. The molecule has 0 saturated heterocycles. The van der Waals surface area contributed by atoms with E-state index in [4.69, 9.17) is 0 Å². The molecule has 2 nitrogen and oxygen atoms in total. The minimum atomic E-state index is -0.587. The van der Waals surface area contributed by atoms with Gasteiger partial charge in [-0.3, -0.25) is 0 Å². The normalized spacial score (nSPS) is 15.2. The van der Waals surface area contributed by atoms with E-state index in [2.05, 4.69) is 289 Å². The zero-order chi connectivity index (χ0) is 50.4. The van der Waals surface area contributed by atoms with Crippen molar-refractivity contribution in [2.24, 2.45) is 0 Å². The number of anilines is 3. The summed E-state index contributed by atoms with van der Waals surface area (Å²) in [7, 11) is 0. The second-order valence-corrected chi connectivity index (χ2v) is 22.1. The Kier molecular flexibility index (Phi) is 8.88. The third-order valence-electron chi connectivity index (χ3n) is 17.5. The molecule has 3 heteroatoms. The van der Waals surface area contributed by atoms with Gasteiger partial charge in [-0.1, -0.05) is 224 Å². The Morgan fingerprint density at radius 2 is 0.818 bits per heavy atom. The van der Waals surface area contributed by atoms with Gasteiger partial charge in [-0.25, -0.2) is 0 Å². The molecule has 1 unspecified atom stereocenters. The highest BCUT2D eigenvalue weighted by Gasteiger charge is 2.51. The van der Waals surface area contributed by atoms with Crippen molar-refractivity contribution < 1.29 is 0 Å². The molecule has 12 aromatic carbocycles. The van der Waals surface area contributed by atoms with E-state index in [1.807, 2.05) is 11.3 Å². The summed E-state index contributed by atoms with van der Waals surface area (Å²) in [6.45, 7) is 0. The molecule has 0 N–H and O–H groups in total. The van der Waals surface area contributed by atoms with Crippen LogP contribution >= 0.6 is 11.3 Å². The molecule has 2 aromatic heterocycles. The van der Waals surface area contributed by atoms with Crippen LogP contribution in [-0.2, 0) is 10.8 Å². The average Bonchev–Trinajstić information content (AvgIpc) is 4.39. The maximum Gasteiger partial charge on any atom is 0.0755 e. The van der Waals surface area contributed by atoms with Crippen LogP contribution in [0.4, 0.5) is 17.1 Å². The quantitative estimate of drug-likeness (QED) is 0.161. The number of hydrogen-bond acceptors (Lipinski definition) is 2. The fourth-order valence-electron chi connectivity index (χ4n) is 14.5. The van der Waals surface area contributed by atoms with Gasteiger partial charge in [-0.2, -0.15) is 0 Å². The number of rotatable bonds is 6. The monoisotopic (exact) mass is 994 g/mol. The predicted octanol–water partition coefficient (Wildman–Crippen LogP) is 19.3. The fraction of sp³-hybridized carbons (Fsp3) is 0.0270. The summed E-state index contributed by atoms with van der Waals surface area (Å²) >= 11 is 1.88. The van der Waals surface area contributed by atoms with Crippen LogP contribution < -0.4 is 4.90 Å².